The van der Waals surface area contributed by atoms with Crippen LogP contribution in [-0.2, 0) is 4.57 Å². The monoisotopic (exact) mass is 165 g/mol. The molecule has 0 spiro atoms. The first-order valence-corrected chi connectivity index (χ1v) is 4.72. The zero-order chi connectivity index (χ0) is 8.04. The number of hydrogen-bond donors (Lipinski definition) is 3. The third kappa shape index (κ3) is 7.85. The molecule has 5 heteroatoms. The van der Waals surface area contributed by atoms with Crippen molar-refractivity contribution in [2.45, 2.75) is 0 Å². The minimum absolute atomic E-state index is 0.110. The van der Waals surface area contributed by atoms with Gasteiger partial charge in [0.1, 0.15) is 0 Å². The minimum atomic E-state index is -3.80. The van der Waals surface area contributed by atoms with E-state index >= 15 is 0 Å². The first-order valence-electron chi connectivity index (χ1n) is 2.92. The van der Waals surface area contributed by atoms with E-state index in [9.17, 15) is 4.57 Å². The van der Waals surface area contributed by atoms with Gasteiger partial charge in [0.2, 0.25) is 0 Å². The minimum Gasteiger partial charge on any atom is -0.324 e. The molecular formula is C5H12NO3P. The Hall–Kier alpha value is -0.150. The fraction of sp³-hybridized carbons (Fsp3) is 0.600. The Balaban J connectivity index is 3.20. The summed E-state index contributed by atoms with van der Waals surface area (Å²) in [7, 11) is -3.80. The van der Waals surface area contributed by atoms with Gasteiger partial charge in [0.15, 0.2) is 0 Å². The van der Waals surface area contributed by atoms with Crippen LogP contribution in [0.4, 0.5) is 0 Å². The molecule has 0 heterocycles. The molecule has 0 saturated carbocycles. The van der Waals surface area contributed by atoms with E-state index in [1.54, 1.807) is 6.08 Å². The van der Waals surface area contributed by atoms with Crippen molar-refractivity contribution in [3.05, 3.63) is 12.7 Å². The van der Waals surface area contributed by atoms with Gasteiger partial charge in [-0.05, 0) is 0 Å². The van der Waals surface area contributed by atoms with Crippen molar-refractivity contribution in [1.29, 1.82) is 0 Å². The average Bonchev–Trinajstić information content (AvgIpc) is 1.78. The van der Waals surface area contributed by atoms with Gasteiger partial charge in [0.25, 0.3) is 0 Å². The van der Waals surface area contributed by atoms with E-state index in [0.29, 0.717) is 13.1 Å². The molecule has 60 valence electrons. The molecule has 0 unspecified atom stereocenters. The molecule has 0 aromatic rings. The van der Waals surface area contributed by atoms with E-state index in [0.717, 1.165) is 0 Å². The Bertz CT molecular complexity index is 142. The molecule has 3 N–H and O–H groups in total. The van der Waals surface area contributed by atoms with Gasteiger partial charge in [0, 0.05) is 13.1 Å². The molecule has 0 bridgehead atoms. The molecule has 4 nitrogen and oxygen atoms in total. The van der Waals surface area contributed by atoms with Crippen LogP contribution >= 0.6 is 7.60 Å². The highest BCUT2D eigenvalue weighted by molar-refractivity contribution is 7.51. The summed E-state index contributed by atoms with van der Waals surface area (Å²) >= 11 is 0. The molecule has 0 saturated heterocycles. The molecule has 0 amide bonds. The lowest BCUT2D eigenvalue weighted by Gasteiger charge is -2.02. The number of rotatable bonds is 5. The zero-order valence-corrected chi connectivity index (χ0v) is 6.55. The second-order valence-electron chi connectivity index (χ2n) is 1.88. The standard InChI is InChI=1S/C5H12NO3P/c1-2-3-6-4-5-10(7,8)9/h2,6H,1,3-5H2,(H2,7,8,9). The van der Waals surface area contributed by atoms with Gasteiger partial charge in [-0.25, -0.2) is 0 Å². The Morgan fingerprint density at radius 2 is 2.20 bits per heavy atom. The van der Waals surface area contributed by atoms with Gasteiger partial charge in [-0.15, -0.1) is 6.58 Å². The summed E-state index contributed by atoms with van der Waals surface area (Å²) in [5.74, 6) is 0. The van der Waals surface area contributed by atoms with Crippen LogP contribution in [0, 0.1) is 0 Å². The molecule has 0 aliphatic rings. The van der Waals surface area contributed by atoms with Crippen LogP contribution in [0.25, 0.3) is 0 Å². The molecule has 0 fully saturated rings. The molecule has 0 aliphatic heterocycles. The SMILES string of the molecule is C=CCNCCP(=O)(O)O. The van der Waals surface area contributed by atoms with E-state index in [-0.39, 0.29) is 6.16 Å². The number of nitrogens with one attached hydrogen (secondary N) is 1. The lowest BCUT2D eigenvalue weighted by Crippen LogP contribution is -2.17. The van der Waals surface area contributed by atoms with E-state index in [4.69, 9.17) is 9.79 Å². The predicted octanol–water partition coefficient (Wildman–Crippen LogP) is -0.0603. The van der Waals surface area contributed by atoms with Crippen LogP contribution in [0.1, 0.15) is 0 Å². The normalized spacial score (nSPS) is 11.4. The van der Waals surface area contributed by atoms with Crippen molar-refractivity contribution in [1.82, 2.24) is 5.32 Å². The quantitative estimate of drug-likeness (QED) is 0.303. The molecule has 0 aliphatic carbocycles. The summed E-state index contributed by atoms with van der Waals surface area (Å²) in [6.07, 6.45) is 1.53. The van der Waals surface area contributed by atoms with Gasteiger partial charge >= 0.3 is 7.60 Å². The Morgan fingerprint density at radius 1 is 1.60 bits per heavy atom. The van der Waals surface area contributed by atoms with Crippen LogP contribution in [0.3, 0.4) is 0 Å². The fourth-order valence-corrected chi connectivity index (χ4v) is 0.878. The van der Waals surface area contributed by atoms with Gasteiger partial charge < -0.3 is 15.1 Å². The maximum Gasteiger partial charge on any atom is 0.326 e. The van der Waals surface area contributed by atoms with Crippen LogP contribution < -0.4 is 5.32 Å². The largest absolute Gasteiger partial charge is 0.326 e. The van der Waals surface area contributed by atoms with Crippen LogP contribution in [0.2, 0.25) is 0 Å². The van der Waals surface area contributed by atoms with Crippen molar-refractivity contribution >= 4 is 7.60 Å². The Kier molecular flexibility index (Phi) is 4.56. The fourth-order valence-electron chi connectivity index (χ4n) is 0.429. The van der Waals surface area contributed by atoms with E-state index in [2.05, 4.69) is 11.9 Å². The highest BCUT2D eigenvalue weighted by Crippen LogP contribution is 2.32. The number of hydrogen-bond acceptors (Lipinski definition) is 2. The van der Waals surface area contributed by atoms with Gasteiger partial charge in [0.05, 0.1) is 6.16 Å². The van der Waals surface area contributed by atoms with E-state index < -0.39 is 7.60 Å². The summed E-state index contributed by atoms with van der Waals surface area (Å²) in [6, 6.07) is 0. The van der Waals surface area contributed by atoms with Crippen molar-refractivity contribution in [2.24, 2.45) is 0 Å². The maximum atomic E-state index is 10.2. The highest BCUT2D eigenvalue weighted by atomic mass is 31.2. The van der Waals surface area contributed by atoms with Crippen LogP contribution in [-0.4, -0.2) is 29.0 Å². The van der Waals surface area contributed by atoms with Crippen molar-refractivity contribution in [2.75, 3.05) is 19.3 Å². The van der Waals surface area contributed by atoms with Crippen LogP contribution in [0.15, 0.2) is 12.7 Å². The Morgan fingerprint density at radius 3 is 2.60 bits per heavy atom. The third-order valence-corrected chi connectivity index (χ3v) is 1.67. The molecule has 0 aromatic carbocycles. The second kappa shape index (κ2) is 4.63. The molecular weight excluding hydrogens is 153 g/mol. The Labute approximate surface area is 60.1 Å². The van der Waals surface area contributed by atoms with E-state index in [1.807, 2.05) is 0 Å². The first-order chi connectivity index (χ1) is 4.56. The highest BCUT2D eigenvalue weighted by Gasteiger charge is 2.10. The molecule has 0 atom stereocenters. The summed E-state index contributed by atoms with van der Waals surface area (Å²) in [5, 5.41) is 2.78. The van der Waals surface area contributed by atoms with Gasteiger partial charge in [-0.2, -0.15) is 0 Å². The molecule has 0 aromatic heterocycles. The van der Waals surface area contributed by atoms with Crippen LogP contribution in [0.5, 0.6) is 0 Å². The van der Waals surface area contributed by atoms with Crippen molar-refractivity contribution < 1.29 is 14.4 Å². The molecule has 0 radical (unpaired) electrons. The molecule has 0 rings (SSSR count). The predicted molar refractivity (Wildman–Crippen MR) is 40.0 cm³/mol. The summed E-state index contributed by atoms with van der Waals surface area (Å²) < 4.78 is 10.2. The van der Waals surface area contributed by atoms with Crippen molar-refractivity contribution in [3.8, 4) is 0 Å². The second-order valence-corrected chi connectivity index (χ2v) is 3.66. The van der Waals surface area contributed by atoms with E-state index in [1.165, 1.54) is 0 Å². The summed E-state index contributed by atoms with van der Waals surface area (Å²) in [4.78, 5) is 16.7. The average molecular weight is 165 g/mol. The first kappa shape index (κ1) is 9.85. The molecule has 10 heavy (non-hydrogen) atoms. The van der Waals surface area contributed by atoms with Gasteiger partial charge in [-0.1, -0.05) is 6.08 Å². The topological polar surface area (TPSA) is 69.6 Å². The lowest BCUT2D eigenvalue weighted by atomic mass is 10.6. The summed E-state index contributed by atoms with van der Waals surface area (Å²) in [6.45, 7) is 4.35. The smallest absolute Gasteiger partial charge is 0.324 e. The maximum absolute atomic E-state index is 10.2. The third-order valence-electron chi connectivity index (χ3n) is 0.869. The lowest BCUT2D eigenvalue weighted by molar-refractivity contribution is 0.372. The zero-order valence-electron chi connectivity index (χ0n) is 5.66. The van der Waals surface area contributed by atoms with Crippen molar-refractivity contribution in [3.63, 3.8) is 0 Å². The van der Waals surface area contributed by atoms with Gasteiger partial charge in [-0.3, -0.25) is 4.57 Å². The summed E-state index contributed by atoms with van der Waals surface area (Å²) in [5.41, 5.74) is 0.